The molecule has 0 saturated heterocycles. The third-order valence-electron chi connectivity index (χ3n) is 1.78. The number of aliphatic carboxylic acids is 1. The minimum atomic E-state index is -1.29. The average molecular weight is 244 g/mol. The predicted octanol–water partition coefficient (Wildman–Crippen LogP) is 1.91. The van der Waals surface area contributed by atoms with E-state index in [-0.39, 0.29) is 10.6 Å². The zero-order valence-electron chi connectivity index (χ0n) is 7.84. The van der Waals surface area contributed by atoms with Gasteiger partial charge in [0.15, 0.2) is 5.78 Å². The molecule has 0 fully saturated rings. The molecular weight excluding hydrogens is 238 g/mol. The first-order valence-corrected chi connectivity index (χ1v) is 4.48. The normalized spacial score (nSPS) is 9.81. The molecule has 0 aliphatic rings. The van der Waals surface area contributed by atoms with Crippen molar-refractivity contribution in [1.82, 2.24) is 0 Å². The monoisotopic (exact) mass is 243 g/mol. The quantitative estimate of drug-likeness (QED) is 0.377. The van der Waals surface area contributed by atoms with Crippen molar-refractivity contribution in [3.8, 4) is 0 Å². The number of hydrogen-bond acceptors (Lipinski definition) is 4. The molecule has 0 radical (unpaired) electrons. The van der Waals surface area contributed by atoms with Crippen LogP contribution >= 0.6 is 11.6 Å². The second-order valence-electron chi connectivity index (χ2n) is 2.92. The molecule has 0 atom stereocenters. The van der Waals surface area contributed by atoms with Gasteiger partial charge in [0.1, 0.15) is 11.4 Å². The summed E-state index contributed by atoms with van der Waals surface area (Å²) >= 11 is 5.53. The molecule has 1 rings (SSSR count). The molecule has 0 unspecified atom stereocenters. The number of ketones is 1. The lowest BCUT2D eigenvalue weighted by Crippen LogP contribution is -2.07. The second kappa shape index (κ2) is 4.71. The van der Waals surface area contributed by atoms with E-state index in [2.05, 4.69) is 0 Å². The van der Waals surface area contributed by atoms with E-state index in [9.17, 15) is 19.7 Å². The molecule has 0 aliphatic heterocycles. The van der Waals surface area contributed by atoms with Crippen LogP contribution in [0.4, 0.5) is 5.69 Å². The van der Waals surface area contributed by atoms with Crippen LogP contribution in [0.15, 0.2) is 18.2 Å². The Bertz CT molecular complexity index is 471. The molecular formula is C9H6ClNO5. The number of nitrogens with zero attached hydrogens (tertiary/aromatic N) is 1. The maximum atomic E-state index is 11.3. The van der Waals surface area contributed by atoms with Gasteiger partial charge in [0, 0.05) is 11.6 Å². The van der Waals surface area contributed by atoms with E-state index in [1.54, 1.807) is 0 Å². The minimum Gasteiger partial charge on any atom is -0.481 e. The van der Waals surface area contributed by atoms with Crippen LogP contribution in [0.2, 0.25) is 5.02 Å². The van der Waals surface area contributed by atoms with Crippen LogP contribution < -0.4 is 0 Å². The molecule has 1 aromatic carbocycles. The number of benzene rings is 1. The number of Topliss-reactive ketones (excluding diaryl/α,β-unsaturated/α-hetero) is 1. The largest absolute Gasteiger partial charge is 0.481 e. The van der Waals surface area contributed by atoms with Gasteiger partial charge in [-0.2, -0.15) is 0 Å². The molecule has 0 aromatic heterocycles. The average Bonchev–Trinajstić information content (AvgIpc) is 2.16. The van der Waals surface area contributed by atoms with E-state index in [0.717, 1.165) is 6.07 Å². The summed E-state index contributed by atoms with van der Waals surface area (Å²) in [6, 6.07) is 3.41. The van der Waals surface area contributed by atoms with Gasteiger partial charge >= 0.3 is 5.97 Å². The Labute approximate surface area is 94.6 Å². The summed E-state index contributed by atoms with van der Waals surface area (Å²) in [6.45, 7) is 0. The van der Waals surface area contributed by atoms with E-state index in [0.29, 0.717) is 0 Å². The van der Waals surface area contributed by atoms with Gasteiger partial charge in [-0.25, -0.2) is 0 Å². The van der Waals surface area contributed by atoms with E-state index in [4.69, 9.17) is 16.7 Å². The number of nitro benzene ring substituents is 1. The van der Waals surface area contributed by atoms with Gasteiger partial charge in [0.2, 0.25) is 0 Å². The summed E-state index contributed by atoms with van der Waals surface area (Å²) < 4.78 is 0. The van der Waals surface area contributed by atoms with Crippen molar-refractivity contribution in [2.75, 3.05) is 0 Å². The van der Waals surface area contributed by atoms with Gasteiger partial charge in [0.05, 0.1) is 4.92 Å². The molecule has 0 heterocycles. The molecule has 0 bridgehead atoms. The Kier molecular flexibility index (Phi) is 3.57. The number of hydrogen-bond donors (Lipinski definition) is 1. The van der Waals surface area contributed by atoms with Crippen LogP contribution in [0.25, 0.3) is 0 Å². The van der Waals surface area contributed by atoms with Gasteiger partial charge < -0.3 is 5.11 Å². The highest BCUT2D eigenvalue weighted by Crippen LogP contribution is 2.25. The zero-order valence-corrected chi connectivity index (χ0v) is 8.60. The van der Waals surface area contributed by atoms with Gasteiger partial charge in [-0.1, -0.05) is 11.6 Å². The van der Waals surface area contributed by atoms with Gasteiger partial charge in [-0.3, -0.25) is 19.7 Å². The van der Waals surface area contributed by atoms with Crippen LogP contribution in [0.1, 0.15) is 16.8 Å². The molecule has 1 N–H and O–H groups in total. The standard InChI is InChI=1S/C9H6ClNO5/c10-6-2-1-5(3-7(6)11(15)16)8(12)4-9(13)14/h1-3H,4H2,(H,13,14). The topological polar surface area (TPSA) is 97.5 Å². The van der Waals surface area contributed by atoms with Crippen LogP contribution in [0.5, 0.6) is 0 Å². The summed E-state index contributed by atoms with van der Waals surface area (Å²) in [5.74, 6) is -1.99. The minimum absolute atomic E-state index is 0.0431. The van der Waals surface area contributed by atoms with Crippen molar-refractivity contribution in [1.29, 1.82) is 0 Å². The Balaban J connectivity index is 3.08. The summed E-state index contributed by atoms with van der Waals surface area (Å²) in [5.41, 5.74) is -0.462. The number of carbonyl (C=O) groups is 2. The van der Waals surface area contributed by atoms with Gasteiger partial charge in [-0.15, -0.1) is 0 Å². The van der Waals surface area contributed by atoms with E-state index < -0.39 is 28.8 Å². The Hall–Kier alpha value is -1.95. The second-order valence-corrected chi connectivity index (χ2v) is 3.32. The molecule has 0 saturated carbocycles. The molecule has 0 spiro atoms. The van der Waals surface area contributed by atoms with Crippen LogP contribution in [-0.2, 0) is 4.79 Å². The Morgan fingerprint density at radius 1 is 1.44 bits per heavy atom. The van der Waals surface area contributed by atoms with Crippen molar-refractivity contribution in [3.05, 3.63) is 38.9 Å². The molecule has 0 amide bonds. The highest BCUT2D eigenvalue weighted by atomic mass is 35.5. The SMILES string of the molecule is O=C(O)CC(=O)c1ccc(Cl)c([N+](=O)[O-])c1. The van der Waals surface area contributed by atoms with Crippen molar-refractivity contribution in [3.63, 3.8) is 0 Å². The van der Waals surface area contributed by atoms with E-state index >= 15 is 0 Å². The highest BCUT2D eigenvalue weighted by Gasteiger charge is 2.17. The molecule has 0 aliphatic carbocycles. The molecule has 84 valence electrons. The molecule has 16 heavy (non-hydrogen) atoms. The first-order chi connectivity index (χ1) is 7.41. The summed E-state index contributed by atoms with van der Waals surface area (Å²) in [4.78, 5) is 31.4. The fourth-order valence-electron chi connectivity index (χ4n) is 1.07. The molecule has 7 heteroatoms. The number of halogens is 1. The van der Waals surface area contributed by atoms with E-state index in [1.807, 2.05) is 0 Å². The summed E-state index contributed by atoms with van der Waals surface area (Å²) in [5, 5.41) is 18.8. The van der Waals surface area contributed by atoms with E-state index in [1.165, 1.54) is 12.1 Å². The lowest BCUT2D eigenvalue weighted by atomic mass is 10.1. The van der Waals surface area contributed by atoms with Crippen molar-refractivity contribution < 1.29 is 19.6 Å². The zero-order chi connectivity index (χ0) is 12.3. The molecule has 1 aromatic rings. The smallest absolute Gasteiger partial charge is 0.311 e. The third-order valence-corrected chi connectivity index (χ3v) is 2.10. The number of carboxylic acid groups (broad SMARTS) is 1. The Morgan fingerprint density at radius 2 is 2.06 bits per heavy atom. The number of nitro groups is 1. The van der Waals surface area contributed by atoms with Crippen molar-refractivity contribution >= 4 is 29.0 Å². The van der Waals surface area contributed by atoms with Crippen molar-refractivity contribution in [2.45, 2.75) is 6.42 Å². The number of carbonyl (C=O) groups excluding carboxylic acids is 1. The van der Waals surface area contributed by atoms with Crippen LogP contribution in [0.3, 0.4) is 0 Å². The maximum absolute atomic E-state index is 11.3. The first kappa shape index (κ1) is 12.1. The van der Waals surface area contributed by atoms with Gasteiger partial charge in [-0.05, 0) is 12.1 Å². The van der Waals surface area contributed by atoms with Gasteiger partial charge in [0.25, 0.3) is 5.69 Å². The number of carboxylic acids is 1. The predicted molar refractivity (Wildman–Crippen MR) is 54.7 cm³/mol. The Morgan fingerprint density at radius 3 is 2.56 bits per heavy atom. The first-order valence-electron chi connectivity index (χ1n) is 4.10. The number of rotatable bonds is 4. The highest BCUT2D eigenvalue weighted by molar-refractivity contribution is 6.32. The lowest BCUT2D eigenvalue weighted by Gasteiger charge is -1.99. The third kappa shape index (κ3) is 2.77. The summed E-state index contributed by atoms with van der Waals surface area (Å²) in [6.07, 6.45) is -0.710. The molecule has 6 nitrogen and oxygen atoms in total. The van der Waals surface area contributed by atoms with Crippen LogP contribution in [0, 0.1) is 10.1 Å². The lowest BCUT2D eigenvalue weighted by molar-refractivity contribution is -0.384. The maximum Gasteiger partial charge on any atom is 0.311 e. The summed E-state index contributed by atoms with van der Waals surface area (Å²) in [7, 11) is 0. The van der Waals surface area contributed by atoms with Crippen molar-refractivity contribution in [2.24, 2.45) is 0 Å². The fraction of sp³-hybridized carbons (Fsp3) is 0.111. The fourth-order valence-corrected chi connectivity index (χ4v) is 1.25. The van der Waals surface area contributed by atoms with Crippen LogP contribution in [-0.4, -0.2) is 21.8 Å².